The molecule has 0 unspecified atom stereocenters. The summed E-state index contributed by atoms with van der Waals surface area (Å²) in [6, 6.07) is 8.86. The maximum absolute atomic E-state index is 10.9. The molecule has 0 amide bonds. The van der Waals surface area contributed by atoms with Gasteiger partial charge in [-0.1, -0.05) is 16.7 Å². The fraction of sp³-hybridized carbons (Fsp3) is 0.0769. The Labute approximate surface area is 124 Å². The normalized spacial score (nSPS) is 9.81. The Balaban J connectivity index is 2.43. The fourth-order valence-corrected chi connectivity index (χ4v) is 1.92. The van der Waals surface area contributed by atoms with E-state index in [1.54, 1.807) is 25.1 Å². The third kappa shape index (κ3) is 3.62. The summed E-state index contributed by atoms with van der Waals surface area (Å²) in [5.41, 5.74) is 9.10. The van der Waals surface area contributed by atoms with Crippen LogP contribution >= 0.6 is 11.6 Å². The smallest absolute Gasteiger partial charge is 0.273 e. The summed E-state index contributed by atoms with van der Waals surface area (Å²) in [4.78, 5) is 12.9. The first-order chi connectivity index (χ1) is 9.99. The molecule has 0 atom stereocenters. The van der Waals surface area contributed by atoms with Gasteiger partial charge in [0.2, 0.25) is 0 Å². The Morgan fingerprint density at radius 1 is 1.33 bits per heavy atom. The van der Waals surface area contributed by atoms with Gasteiger partial charge in [0.15, 0.2) is 0 Å². The summed E-state index contributed by atoms with van der Waals surface area (Å²) >= 11 is 5.85. The van der Waals surface area contributed by atoms with Gasteiger partial charge in [-0.25, -0.2) is 0 Å². The van der Waals surface area contributed by atoms with E-state index >= 15 is 0 Å². The number of nitro groups is 1. The molecule has 0 aliphatic rings. The van der Waals surface area contributed by atoms with Crippen LogP contribution in [0.1, 0.15) is 5.56 Å². The molecular weight excluding hydrogens is 296 g/mol. The predicted molar refractivity (Wildman–Crippen MR) is 78.2 cm³/mol. The Hall–Kier alpha value is -2.76. The van der Waals surface area contributed by atoms with Crippen molar-refractivity contribution in [1.82, 2.24) is 0 Å². The topological polar surface area (TPSA) is 101 Å². The summed E-state index contributed by atoms with van der Waals surface area (Å²) in [7, 11) is 0. The lowest BCUT2D eigenvalue weighted by Crippen LogP contribution is -1.91. The summed E-state index contributed by atoms with van der Waals surface area (Å²) < 4.78 is 5.60. The standard InChI is InChI=1S/C13H9ClN4O3/c1-8-4-9(14)2-3-13(8)21-12-6-10(16-17-15)5-11(7-12)18(19)20/h2-7H,1H3. The zero-order valence-corrected chi connectivity index (χ0v) is 11.6. The van der Waals surface area contributed by atoms with Crippen LogP contribution in [0.4, 0.5) is 11.4 Å². The number of nitro benzene ring substituents is 1. The van der Waals surface area contributed by atoms with Crippen molar-refractivity contribution in [3.8, 4) is 11.5 Å². The van der Waals surface area contributed by atoms with E-state index in [1.807, 2.05) is 0 Å². The van der Waals surface area contributed by atoms with Gasteiger partial charge in [-0.05, 0) is 42.3 Å². The Morgan fingerprint density at radius 2 is 2.10 bits per heavy atom. The highest BCUT2D eigenvalue weighted by Crippen LogP contribution is 2.33. The fourth-order valence-electron chi connectivity index (χ4n) is 1.70. The molecule has 0 spiro atoms. The largest absolute Gasteiger partial charge is 0.457 e. The van der Waals surface area contributed by atoms with Gasteiger partial charge in [-0.2, -0.15) is 0 Å². The zero-order valence-electron chi connectivity index (χ0n) is 10.9. The number of hydrogen-bond donors (Lipinski definition) is 0. The first-order valence-electron chi connectivity index (χ1n) is 5.78. The third-order valence-electron chi connectivity index (χ3n) is 2.61. The van der Waals surface area contributed by atoms with Crippen molar-refractivity contribution in [2.75, 3.05) is 0 Å². The van der Waals surface area contributed by atoms with E-state index < -0.39 is 4.92 Å². The van der Waals surface area contributed by atoms with Crippen LogP contribution in [-0.2, 0) is 0 Å². The van der Waals surface area contributed by atoms with Gasteiger partial charge < -0.3 is 4.74 Å². The van der Waals surface area contributed by atoms with E-state index in [2.05, 4.69) is 10.0 Å². The van der Waals surface area contributed by atoms with E-state index in [0.29, 0.717) is 10.8 Å². The lowest BCUT2D eigenvalue weighted by Gasteiger charge is -2.09. The molecular formula is C13H9ClN4O3. The van der Waals surface area contributed by atoms with Gasteiger partial charge in [0.1, 0.15) is 11.5 Å². The van der Waals surface area contributed by atoms with Crippen LogP contribution in [0.25, 0.3) is 10.4 Å². The lowest BCUT2D eigenvalue weighted by atomic mass is 10.2. The number of rotatable bonds is 4. The highest BCUT2D eigenvalue weighted by molar-refractivity contribution is 6.30. The molecule has 0 fully saturated rings. The van der Waals surface area contributed by atoms with Gasteiger partial charge in [-0.15, -0.1) is 0 Å². The van der Waals surface area contributed by atoms with E-state index in [9.17, 15) is 10.1 Å². The van der Waals surface area contributed by atoms with Crippen LogP contribution < -0.4 is 4.74 Å². The number of ether oxygens (including phenoxy) is 1. The Bertz CT molecular complexity index is 737. The second-order valence-corrected chi connectivity index (χ2v) is 4.58. The molecule has 2 aromatic rings. The quantitative estimate of drug-likeness (QED) is 0.252. The monoisotopic (exact) mass is 304 g/mol. The van der Waals surface area contributed by atoms with Gasteiger partial charge in [-0.3, -0.25) is 10.1 Å². The van der Waals surface area contributed by atoms with Crippen molar-refractivity contribution < 1.29 is 9.66 Å². The van der Waals surface area contributed by atoms with Gasteiger partial charge >= 0.3 is 0 Å². The van der Waals surface area contributed by atoms with Crippen molar-refractivity contribution in [2.24, 2.45) is 5.11 Å². The zero-order chi connectivity index (χ0) is 15.4. The number of aryl methyl sites for hydroxylation is 1. The molecule has 0 saturated heterocycles. The third-order valence-corrected chi connectivity index (χ3v) is 2.85. The van der Waals surface area contributed by atoms with Crippen molar-refractivity contribution in [1.29, 1.82) is 0 Å². The molecule has 0 bridgehead atoms. The molecule has 0 aliphatic heterocycles. The molecule has 0 N–H and O–H groups in total. The SMILES string of the molecule is Cc1cc(Cl)ccc1Oc1cc(N=[N+]=[N-])cc([N+](=O)[O-])c1. The molecule has 106 valence electrons. The van der Waals surface area contributed by atoms with Crippen LogP contribution in [0, 0.1) is 17.0 Å². The highest BCUT2D eigenvalue weighted by Gasteiger charge is 2.11. The van der Waals surface area contributed by atoms with E-state index in [-0.39, 0.29) is 17.1 Å². The second kappa shape index (κ2) is 6.13. The van der Waals surface area contributed by atoms with Crippen LogP contribution in [0.3, 0.4) is 0 Å². The van der Waals surface area contributed by atoms with Gasteiger partial charge in [0, 0.05) is 21.7 Å². The number of nitrogens with zero attached hydrogens (tertiary/aromatic N) is 4. The minimum absolute atomic E-state index is 0.105. The van der Waals surface area contributed by atoms with Gasteiger partial charge in [0.25, 0.3) is 5.69 Å². The molecule has 21 heavy (non-hydrogen) atoms. The summed E-state index contributed by atoms with van der Waals surface area (Å²) in [5.74, 6) is 0.712. The molecule has 2 rings (SSSR count). The van der Waals surface area contributed by atoms with Crippen molar-refractivity contribution in [3.05, 3.63) is 67.5 Å². The Morgan fingerprint density at radius 3 is 2.71 bits per heavy atom. The predicted octanol–water partition coefficient (Wildman–Crippen LogP) is 5.29. The summed E-state index contributed by atoms with van der Waals surface area (Å²) in [6.45, 7) is 1.80. The molecule has 0 heterocycles. The number of hydrogen-bond acceptors (Lipinski definition) is 4. The molecule has 0 saturated carbocycles. The summed E-state index contributed by atoms with van der Waals surface area (Å²) in [6.07, 6.45) is 0. The minimum atomic E-state index is -0.585. The van der Waals surface area contributed by atoms with Crippen LogP contribution in [0.5, 0.6) is 11.5 Å². The number of azide groups is 1. The van der Waals surface area contributed by atoms with Crippen molar-refractivity contribution >= 4 is 23.0 Å². The van der Waals surface area contributed by atoms with Crippen LogP contribution in [0.15, 0.2) is 41.5 Å². The molecule has 2 aromatic carbocycles. The molecule has 8 heteroatoms. The molecule has 7 nitrogen and oxygen atoms in total. The highest BCUT2D eigenvalue weighted by atomic mass is 35.5. The first-order valence-corrected chi connectivity index (χ1v) is 6.16. The van der Waals surface area contributed by atoms with E-state index in [4.69, 9.17) is 21.9 Å². The van der Waals surface area contributed by atoms with E-state index in [1.165, 1.54) is 18.2 Å². The Kier molecular flexibility index (Phi) is 4.27. The maximum atomic E-state index is 10.9. The van der Waals surface area contributed by atoms with Gasteiger partial charge in [0.05, 0.1) is 11.0 Å². The summed E-state index contributed by atoms with van der Waals surface area (Å²) in [5, 5.41) is 14.8. The van der Waals surface area contributed by atoms with Crippen molar-refractivity contribution in [2.45, 2.75) is 6.92 Å². The number of non-ortho nitro benzene ring substituents is 1. The molecule has 0 radical (unpaired) electrons. The minimum Gasteiger partial charge on any atom is -0.457 e. The van der Waals surface area contributed by atoms with Crippen molar-refractivity contribution in [3.63, 3.8) is 0 Å². The van der Waals surface area contributed by atoms with E-state index in [0.717, 1.165) is 5.56 Å². The average molecular weight is 305 g/mol. The number of benzene rings is 2. The molecule has 0 aromatic heterocycles. The number of halogens is 1. The maximum Gasteiger partial charge on any atom is 0.273 e. The van der Waals surface area contributed by atoms with Crippen LogP contribution in [-0.4, -0.2) is 4.92 Å². The average Bonchev–Trinajstić information content (AvgIpc) is 2.42. The first kappa shape index (κ1) is 14.6. The van der Waals surface area contributed by atoms with Crippen LogP contribution in [0.2, 0.25) is 5.02 Å². The lowest BCUT2D eigenvalue weighted by molar-refractivity contribution is -0.384. The second-order valence-electron chi connectivity index (χ2n) is 4.14. The molecule has 0 aliphatic carbocycles.